The van der Waals surface area contributed by atoms with Crippen molar-refractivity contribution < 1.29 is 0 Å². The molecule has 0 saturated heterocycles. The highest BCUT2D eigenvalue weighted by atomic mass is 32.1. The van der Waals surface area contributed by atoms with Crippen molar-refractivity contribution in [3.63, 3.8) is 0 Å². The minimum Gasteiger partial charge on any atom is -0.135 e. The molecule has 0 nitrogen and oxygen atoms in total. The number of fused-ring (bicyclic) bond motifs is 6. The summed E-state index contributed by atoms with van der Waals surface area (Å²) >= 11 is 3.66. The van der Waals surface area contributed by atoms with Gasteiger partial charge in [0.05, 0.1) is 0 Å². The lowest BCUT2D eigenvalue weighted by molar-refractivity contribution is 1.09. The first kappa shape index (κ1) is 16.3. The zero-order chi connectivity index (χ0) is 17.6. The molecule has 0 aliphatic carbocycles. The van der Waals surface area contributed by atoms with Crippen LogP contribution in [0.5, 0.6) is 0 Å². The number of hydrogen-bond donors (Lipinski definition) is 0. The van der Waals surface area contributed by atoms with Crippen LogP contribution in [0.15, 0.2) is 48.5 Å². The van der Waals surface area contributed by atoms with Gasteiger partial charge in [-0.05, 0) is 17.4 Å². The molecule has 0 aliphatic rings. The summed E-state index contributed by atoms with van der Waals surface area (Å²) in [5.41, 5.74) is 0. The van der Waals surface area contributed by atoms with E-state index in [-0.39, 0.29) is 0 Å². The van der Waals surface area contributed by atoms with Crippen molar-refractivity contribution in [3.8, 4) is 0 Å². The minimum absolute atomic E-state index is 1.15. The van der Waals surface area contributed by atoms with Gasteiger partial charge in [-0.1, -0.05) is 69.8 Å². The van der Waals surface area contributed by atoms with Gasteiger partial charge in [-0.2, -0.15) is 0 Å². The SMILES string of the molecule is C=c1c2sc3ccccc3c2c(=C)c2c1sc1ccccc12.CCC. The first-order valence-corrected chi connectivity index (χ1v) is 10.2. The molecule has 2 aromatic heterocycles. The molecule has 0 aliphatic heterocycles. The van der Waals surface area contributed by atoms with Gasteiger partial charge >= 0.3 is 0 Å². The van der Waals surface area contributed by atoms with E-state index in [1.165, 1.54) is 46.8 Å². The van der Waals surface area contributed by atoms with E-state index in [1.54, 1.807) is 0 Å². The predicted molar refractivity (Wildman–Crippen MR) is 118 cm³/mol. The highest BCUT2D eigenvalue weighted by molar-refractivity contribution is 7.28. The second-order valence-corrected chi connectivity index (χ2v) is 8.37. The summed E-state index contributed by atoms with van der Waals surface area (Å²) in [7, 11) is 0. The number of hydrogen-bond acceptors (Lipinski definition) is 2. The molecule has 25 heavy (non-hydrogen) atoms. The maximum absolute atomic E-state index is 4.45. The topological polar surface area (TPSA) is 0 Å². The molecule has 3 aromatic carbocycles. The van der Waals surface area contributed by atoms with E-state index >= 15 is 0 Å². The van der Waals surface area contributed by atoms with Gasteiger partial charge in [0.2, 0.25) is 0 Å². The normalized spacial score (nSPS) is 11.3. The zero-order valence-corrected chi connectivity index (χ0v) is 16.2. The second kappa shape index (κ2) is 6.29. The Morgan fingerprint density at radius 2 is 1.08 bits per heavy atom. The first-order valence-electron chi connectivity index (χ1n) is 8.59. The van der Waals surface area contributed by atoms with Gasteiger partial charge in [0.1, 0.15) is 0 Å². The molecule has 0 radical (unpaired) electrons. The Morgan fingerprint density at radius 1 is 0.680 bits per heavy atom. The van der Waals surface area contributed by atoms with Crippen LogP contribution in [-0.4, -0.2) is 0 Å². The largest absolute Gasteiger partial charge is 0.135 e. The number of benzene rings is 3. The van der Waals surface area contributed by atoms with Gasteiger partial charge < -0.3 is 0 Å². The van der Waals surface area contributed by atoms with Crippen LogP contribution < -0.4 is 10.4 Å². The molecule has 0 N–H and O–H groups in total. The van der Waals surface area contributed by atoms with Gasteiger partial charge in [0, 0.05) is 45.6 Å². The van der Waals surface area contributed by atoms with Gasteiger partial charge in [-0.3, -0.25) is 0 Å². The summed E-state index contributed by atoms with van der Waals surface area (Å²) < 4.78 is 5.19. The molecule has 0 amide bonds. The third kappa shape index (κ3) is 2.40. The lowest BCUT2D eigenvalue weighted by Crippen LogP contribution is -2.08. The maximum Gasteiger partial charge on any atom is 0.0442 e. The van der Waals surface area contributed by atoms with E-state index in [1.807, 2.05) is 22.7 Å². The second-order valence-electron chi connectivity index (χ2n) is 6.27. The molecule has 0 spiro atoms. The minimum atomic E-state index is 1.15. The Morgan fingerprint density at radius 3 is 1.52 bits per heavy atom. The number of rotatable bonds is 0. The van der Waals surface area contributed by atoms with Crippen LogP contribution in [0.4, 0.5) is 0 Å². The molecule has 5 rings (SSSR count). The highest BCUT2D eigenvalue weighted by Crippen LogP contribution is 2.35. The van der Waals surface area contributed by atoms with Crippen molar-refractivity contribution >= 4 is 76.2 Å². The fourth-order valence-electron chi connectivity index (χ4n) is 3.34. The Bertz CT molecular complexity index is 1220. The van der Waals surface area contributed by atoms with E-state index in [9.17, 15) is 0 Å². The van der Waals surface area contributed by atoms with Crippen LogP contribution in [0.25, 0.3) is 53.5 Å². The standard InChI is InChI=1S/C20H12S2.C3H8/c1-11-17-13-7-3-5-9-15(13)21-19(17)12(2)20-18(11)14-8-4-6-10-16(14)22-20;1-3-2/h3-10H,1-2H2;3H2,1-2H3. The summed E-state index contributed by atoms with van der Waals surface area (Å²) in [6.07, 6.45) is 1.25. The van der Waals surface area contributed by atoms with E-state index < -0.39 is 0 Å². The van der Waals surface area contributed by atoms with E-state index in [0.717, 1.165) is 10.4 Å². The van der Waals surface area contributed by atoms with Crippen LogP contribution >= 0.6 is 22.7 Å². The molecule has 2 heteroatoms. The van der Waals surface area contributed by atoms with Crippen molar-refractivity contribution in [2.75, 3.05) is 0 Å². The molecule has 0 saturated carbocycles. The Kier molecular flexibility index (Phi) is 4.10. The average Bonchev–Trinajstić information content (AvgIpc) is 3.20. The summed E-state index contributed by atoms with van der Waals surface area (Å²) in [5.74, 6) is 0. The van der Waals surface area contributed by atoms with Crippen molar-refractivity contribution in [1.82, 2.24) is 0 Å². The summed E-state index contributed by atoms with van der Waals surface area (Å²) in [6, 6.07) is 17.2. The Hall–Kier alpha value is -2.16. The van der Waals surface area contributed by atoms with Crippen molar-refractivity contribution in [2.45, 2.75) is 20.3 Å². The van der Waals surface area contributed by atoms with Crippen LogP contribution in [0.1, 0.15) is 20.3 Å². The van der Waals surface area contributed by atoms with Gasteiger partial charge in [0.25, 0.3) is 0 Å². The molecular formula is C23H20S2. The predicted octanol–water partition coefficient (Wildman–Crippen LogP) is 6.66. The molecule has 0 fully saturated rings. The van der Waals surface area contributed by atoms with Crippen molar-refractivity contribution in [2.24, 2.45) is 0 Å². The van der Waals surface area contributed by atoms with Gasteiger partial charge in [-0.25, -0.2) is 0 Å². The van der Waals surface area contributed by atoms with Crippen molar-refractivity contribution in [1.29, 1.82) is 0 Å². The van der Waals surface area contributed by atoms with Gasteiger partial charge in [0.15, 0.2) is 0 Å². The lowest BCUT2D eigenvalue weighted by atomic mass is 10.0. The van der Waals surface area contributed by atoms with Crippen LogP contribution in [-0.2, 0) is 0 Å². The molecule has 0 atom stereocenters. The average molecular weight is 361 g/mol. The number of thiophene rings is 2. The third-order valence-corrected chi connectivity index (χ3v) is 6.80. The van der Waals surface area contributed by atoms with Crippen molar-refractivity contribution in [3.05, 3.63) is 59.0 Å². The molecule has 124 valence electrons. The highest BCUT2D eigenvalue weighted by Gasteiger charge is 2.13. The smallest absolute Gasteiger partial charge is 0.0442 e. The van der Waals surface area contributed by atoms with E-state index in [0.29, 0.717) is 0 Å². The van der Waals surface area contributed by atoms with Crippen LogP contribution in [0, 0.1) is 0 Å². The summed E-state index contributed by atoms with van der Waals surface area (Å²) in [6.45, 7) is 13.1. The first-order chi connectivity index (χ1) is 12.2. The van der Waals surface area contributed by atoms with Gasteiger partial charge in [-0.15, -0.1) is 22.7 Å². The van der Waals surface area contributed by atoms with E-state index in [2.05, 4.69) is 75.5 Å². The fourth-order valence-corrected chi connectivity index (χ4v) is 5.82. The summed E-state index contributed by atoms with van der Waals surface area (Å²) in [5, 5.41) is 7.46. The zero-order valence-electron chi connectivity index (χ0n) is 14.6. The Labute approximate surface area is 155 Å². The molecular weight excluding hydrogens is 340 g/mol. The third-order valence-electron chi connectivity index (χ3n) is 4.34. The molecule has 5 aromatic rings. The Balaban J connectivity index is 0.000000490. The lowest BCUT2D eigenvalue weighted by Gasteiger charge is -1.98. The monoisotopic (exact) mass is 360 g/mol. The molecule has 0 bridgehead atoms. The fraction of sp³-hybridized carbons (Fsp3) is 0.130. The maximum atomic E-state index is 4.45. The molecule has 0 unspecified atom stereocenters. The van der Waals surface area contributed by atoms with Crippen LogP contribution in [0.2, 0.25) is 0 Å². The molecule has 2 heterocycles. The van der Waals surface area contributed by atoms with E-state index in [4.69, 9.17) is 0 Å². The van der Waals surface area contributed by atoms with Crippen LogP contribution in [0.3, 0.4) is 0 Å². The summed E-state index contributed by atoms with van der Waals surface area (Å²) in [4.78, 5) is 0. The quantitative estimate of drug-likeness (QED) is 0.290.